The first-order valence-corrected chi connectivity index (χ1v) is 7.92. The molecule has 1 heterocycles. The van der Waals surface area contributed by atoms with Crippen LogP contribution in [0, 0.1) is 0 Å². The molecule has 1 saturated carbocycles. The van der Waals surface area contributed by atoms with Gasteiger partial charge in [0.15, 0.2) is 0 Å². The van der Waals surface area contributed by atoms with Gasteiger partial charge in [-0.05, 0) is 30.5 Å². The van der Waals surface area contributed by atoms with Crippen LogP contribution < -0.4 is 0 Å². The summed E-state index contributed by atoms with van der Waals surface area (Å²) in [5.41, 5.74) is 1.87. The van der Waals surface area contributed by atoms with Crippen LogP contribution in [0.25, 0.3) is 0 Å². The summed E-state index contributed by atoms with van der Waals surface area (Å²) in [6, 6.07) is 8.20. The standard InChI is InChI=1S/C17H22N4O/c1-20(16-5-3-2-4-6-16)17(22)15-9-7-14(8-10-15)11-21-13-18-12-19-21/h7-10,12-13,16H,2-6,11H2,1H3. The zero-order valence-corrected chi connectivity index (χ0v) is 13.0. The Balaban J connectivity index is 1.65. The topological polar surface area (TPSA) is 51.0 Å². The third-order valence-electron chi connectivity index (χ3n) is 4.45. The van der Waals surface area contributed by atoms with Crippen LogP contribution in [-0.2, 0) is 6.54 Å². The van der Waals surface area contributed by atoms with Crippen molar-refractivity contribution in [1.29, 1.82) is 0 Å². The van der Waals surface area contributed by atoms with Crippen molar-refractivity contribution in [1.82, 2.24) is 19.7 Å². The van der Waals surface area contributed by atoms with Gasteiger partial charge < -0.3 is 4.90 Å². The minimum Gasteiger partial charge on any atom is -0.339 e. The van der Waals surface area contributed by atoms with Gasteiger partial charge >= 0.3 is 0 Å². The number of carbonyl (C=O) groups excluding carboxylic acids is 1. The maximum atomic E-state index is 12.6. The number of hydrogen-bond acceptors (Lipinski definition) is 3. The minimum atomic E-state index is 0.124. The van der Waals surface area contributed by atoms with Gasteiger partial charge in [-0.1, -0.05) is 31.4 Å². The molecule has 0 bridgehead atoms. The van der Waals surface area contributed by atoms with E-state index >= 15 is 0 Å². The lowest BCUT2D eigenvalue weighted by Gasteiger charge is -2.31. The number of hydrogen-bond donors (Lipinski definition) is 0. The number of benzene rings is 1. The van der Waals surface area contributed by atoms with Crippen molar-refractivity contribution in [3.63, 3.8) is 0 Å². The van der Waals surface area contributed by atoms with E-state index in [4.69, 9.17) is 0 Å². The van der Waals surface area contributed by atoms with Crippen molar-refractivity contribution in [3.8, 4) is 0 Å². The van der Waals surface area contributed by atoms with Crippen molar-refractivity contribution in [2.75, 3.05) is 7.05 Å². The molecule has 0 aliphatic heterocycles. The molecule has 1 aromatic carbocycles. The average molecular weight is 298 g/mol. The van der Waals surface area contributed by atoms with Gasteiger partial charge in [-0.2, -0.15) is 5.10 Å². The van der Waals surface area contributed by atoms with Crippen LogP contribution in [0.3, 0.4) is 0 Å². The summed E-state index contributed by atoms with van der Waals surface area (Å²) in [7, 11) is 1.93. The summed E-state index contributed by atoms with van der Waals surface area (Å²) in [5, 5.41) is 4.09. The Morgan fingerprint density at radius 1 is 1.23 bits per heavy atom. The van der Waals surface area contributed by atoms with Crippen molar-refractivity contribution in [2.45, 2.75) is 44.7 Å². The second-order valence-corrected chi connectivity index (χ2v) is 6.00. The molecule has 1 aromatic heterocycles. The molecule has 5 nitrogen and oxygen atoms in total. The van der Waals surface area contributed by atoms with Gasteiger partial charge in [0, 0.05) is 18.7 Å². The summed E-state index contributed by atoms with van der Waals surface area (Å²) < 4.78 is 1.77. The highest BCUT2D eigenvalue weighted by atomic mass is 16.2. The number of carbonyl (C=O) groups is 1. The van der Waals surface area contributed by atoms with Gasteiger partial charge in [0.05, 0.1) is 6.54 Å². The molecular formula is C17H22N4O. The highest BCUT2D eigenvalue weighted by molar-refractivity contribution is 5.94. The number of amides is 1. The van der Waals surface area contributed by atoms with E-state index in [1.807, 2.05) is 36.2 Å². The molecule has 0 spiro atoms. The monoisotopic (exact) mass is 298 g/mol. The maximum Gasteiger partial charge on any atom is 0.253 e. The highest BCUT2D eigenvalue weighted by Gasteiger charge is 2.22. The Kier molecular flexibility index (Phi) is 4.51. The molecule has 2 aromatic rings. The number of rotatable bonds is 4. The number of aromatic nitrogens is 3. The summed E-state index contributed by atoms with van der Waals surface area (Å²) in [5.74, 6) is 0.124. The smallest absolute Gasteiger partial charge is 0.253 e. The molecule has 0 atom stereocenters. The molecular weight excluding hydrogens is 276 g/mol. The third-order valence-corrected chi connectivity index (χ3v) is 4.45. The average Bonchev–Trinajstić information content (AvgIpc) is 3.08. The van der Waals surface area contributed by atoms with Gasteiger partial charge in [0.25, 0.3) is 5.91 Å². The van der Waals surface area contributed by atoms with E-state index in [2.05, 4.69) is 10.1 Å². The predicted octanol–water partition coefficient (Wildman–Crippen LogP) is 2.73. The molecule has 0 N–H and O–H groups in total. The van der Waals surface area contributed by atoms with Crippen molar-refractivity contribution in [2.24, 2.45) is 0 Å². The number of nitrogens with zero attached hydrogens (tertiary/aromatic N) is 4. The molecule has 116 valence electrons. The van der Waals surface area contributed by atoms with E-state index < -0.39 is 0 Å². The molecule has 1 aliphatic rings. The largest absolute Gasteiger partial charge is 0.339 e. The lowest BCUT2D eigenvalue weighted by atomic mass is 9.94. The van der Waals surface area contributed by atoms with Crippen molar-refractivity contribution >= 4 is 5.91 Å². The fraction of sp³-hybridized carbons (Fsp3) is 0.471. The molecule has 22 heavy (non-hydrogen) atoms. The maximum absolute atomic E-state index is 12.6. The van der Waals surface area contributed by atoms with Crippen LogP contribution in [-0.4, -0.2) is 38.7 Å². The lowest BCUT2D eigenvalue weighted by molar-refractivity contribution is 0.0696. The third kappa shape index (κ3) is 3.35. The molecule has 0 radical (unpaired) electrons. The fourth-order valence-corrected chi connectivity index (χ4v) is 3.09. The van der Waals surface area contributed by atoms with E-state index in [0.717, 1.165) is 24.0 Å². The van der Waals surface area contributed by atoms with Crippen LogP contribution in [0.5, 0.6) is 0 Å². The Hall–Kier alpha value is -2.17. The van der Waals surface area contributed by atoms with Crippen molar-refractivity contribution < 1.29 is 4.79 Å². The van der Waals surface area contributed by atoms with E-state index in [1.165, 1.54) is 25.6 Å². The Morgan fingerprint density at radius 3 is 2.59 bits per heavy atom. The van der Waals surface area contributed by atoms with Gasteiger partial charge in [-0.15, -0.1) is 0 Å². The van der Waals surface area contributed by atoms with Crippen LogP contribution in [0.2, 0.25) is 0 Å². The Labute approximate surface area is 131 Å². The SMILES string of the molecule is CN(C(=O)c1ccc(Cn2cncn2)cc1)C1CCCCC1. The van der Waals surface area contributed by atoms with E-state index in [1.54, 1.807) is 11.0 Å². The summed E-state index contributed by atoms with van der Waals surface area (Å²) in [6.45, 7) is 0.674. The normalized spacial score (nSPS) is 15.7. The van der Waals surface area contributed by atoms with Gasteiger partial charge in [-0.3, -0.25) is 4.79 Å². The molecule has 1 aliphatic carbocycles. The zero-order valence-electron chi connectivity index (χ0n) is 13.0. The molecule has 3 rings (SSSR count). The molecule has 1 amide bonds. The fourth-order valence-electron chi connectivity index (χ4n) is 3.09. The molecule has 0 saturated heterocycles. The highest BCUT2D eigenvalue weighted by Crippen LogP contribution is 2.23. The predicted molar refractivity (Wildman–Crippen MR) is 84.5 cm³/mol. The van der Waals surface area contributed by atoms with E-state index in [9.17, 15) is 4.79 Å². The lowest BCUT2D eigenvalue weighted by Crippen LogP contribution is -2.38. The van der Waals surface area contributed by atoms with Crippen molar-refractivity contribution in [3.05, 3.63) is 48.0 Å². The first-order valence-electron chi connectivity index (χ1n) is 7.92. The second-order valence-electron chi connectivity index (χ2n) is 6.00. The summed E-state index contributed by atoms with van der Waals surface area (Å²) >= 11 is 0. The van der Waals surface area contributed by atoms with E-state index in [-0.39, 0.29) is 5.91 Å². The van der Waals surface area contributed by atoms with Crippen LogP contribution in [0.4, 0.5) is 0 Å². The Bertz CT molecular complexity index is 600. The quantitative estimate of drug-likeness (QED) is 0.872. The Morgan fingerprint density at radius 2 is 1.95 bits per heavy atom. The van der Waals surface area contributed by atoms with Gasteiger partial charge in [0.1, 0.15) is 12.7 Å². The molecule has 1 fully saturated rings. The zero-order chi connectivity index (χ0) is 15.4. The summed E-state index contributed by atoms with van der Waals surface area (Å²) in [6.07, 6.45) is 9.25. The first-order chi connectivity index (χ1) is 10.7. The van der Waals surface area contributed by atoms with Crippen LogP contribution in [0.15, 0.2) is 36.9 Å². The van der Waals surface area contributed by atoms with Crippen LogP contribution >= 0.6 is 0 Å². The second kappa shape index (κ2) is 6.73. The van der Waals surface area contributed by atoms with Crippen LogP contribution in [0.1, 0.15) is 48.0 Å². The van der Waals surface area contributed by atoms with Gasteiger partial charge in [-0.25, -0.2) is 9.67 Å². The minimum absolute atomic E-state index is 0.124. The molecule has 0 unspecified atom stereocenters. The first kappa shape index (κ1) is 14.8. The van der Waals surface area contributed by atoms with Gasteiger partial charge in [0.2, 0.25) is 0 Å². The summed E-state index contributed by atoms with van der Waals surface area (Å²) in [4.78, 5) is 18.4. The van der Waals surface area contributed by atoms with E-state index in [0.29, 0.717) is 12.6 Å². The molecule has 5 heteroatoms.